The summed E-state index contributed by atoms with van der Waals surface area (Å²) in [5.74, 6) is 1.21. The predicted octanol–water partition coefficient (Wildman–Crippen LogP) is 3.19. The molecule has 3 atom stereocenters. The van der Waals surface area contributed by atoms with Gasteiger partial charge in [0.25, 0.3) is 0 Å². The fraction of sp³-hybridized carbons (Fsp3) is 0.312. The molecule has 92 valence electrons. The van der Waals surface area contributed by atoms with E-state index in [2.05, 4.69) is 48.3 Å². The lowest BCUT2D eigenvalue weighted by Gasteiger charge is -2.14. The van der Waals surface area contributed by atoms with Gasteiger partial charge in [-0.2, -0.15) is 0 Å². The number of nitrogens with two attached hydrogens (primary N) is 1. The van der Waals surface area contributed by atoms with Crippen LogP contribution in [0.5, 0.6) is 0 Å². The average molecular weight is 238 g/mol. The first kappa shape index (κ1) is 11.4. The topological polar surface area (TPSA) is 38.9 Å². The highest BCUT2D eigenvalue weighted by Gasteiger charge is 2.43. The van der Waals surface area contributed by atoms with E-state index >= 15 is 0 Å². The maximum absolute atomic E-state index is 6.40. The third kappa shape index (κ3) is 2.04. The minimum atomic E-state index is 0.137. The molecule has 1 saturated carbocycles. The summed E-state index contributed by atoms with van der Waals surface area (Å²) in [7, 11) is 0. The van der Waals surface area contributed by atoms with Crippen LogP contribution in [0, 0.1) is 12.8 Å². The molecule has 1 heterocycles. The van der Waals surface area contributed by atoms with E-state index in [0.717, 1.165) is 0 Å². The van der Waals surface area contributed by atoms with Gasteiger partial charge in [0.05, 0.1) is 0 Å². The Hall–Kier alpha value is -1.67. The average Bonchev–Trinajstić information content (AvgIpc) is 3.20. The van der Waals surface area contributed by atoms with Crippen LogP contribution in [0.3, 0.4) is 0 Å². The fourth-order valence-electron chi connectivity index (χ4n) is 2.78. The third-order valence-corrected chi connectivity index (χ3v) is 3.95. The van der Waals surface area contributed by atoms with Crippen molar-refractivity contribution in [2.45, 2.75) is 25.3 Å². The van der Waals surface area contributed by atoms with Gasteiger partial charge in [0.1, 0.15) is 0 Å². The molecule has 2 nitrogen and oxygen atoms in total. The molecule has 1 fully saturated rings. The molecule has 1 aliphatic carbocycles. The van der Waals surface area contributed by atoms with Crippen LogP contribution in [-0.2, 0) is 0 Å². The fourth-order valence-corrected chi connectivity index (χ4v) is 2.78. The molecule has 2 heteroatoms. The van der Waals surface area contributed by atoms with Crippen molar-refractivity contribution in [3.8, 4) is 0 Å². The monoisotopic (exact) mass is 238 g/mol. The molecule has 0 radical (unpaired) electrons. The van der Waals surface area contributed by atoms with Crippen molar-refractivity contribution >= 4 is 0 Å². The van der Waals surface area contributed by atoms with E-state index in [-0.39, 0.29) is 6.04 Å². The predicted molar refractivity (Wildman–Crippen MR) is 73.2 cm³/mol. The first-order valence-electron chi connectivity index (χ1n) is 6.48. The zero-order valence-corrected chi connectivity index (χ0v) is 10.6. The van der Waals surface area contributed by atoms with Crippen LogP contribution in [0.25, 0.3) is 0 Å². The summed E-state index contributed by atoms with van der Waals surface area (Å²) in [4.78, 5) is 4.13. The molecule has 0 spiro atoms. The van der Waals surface area contributed by atoms with E-state index in [0.29, 0.717) is 11.8 Å². The van der Waals surface area contributed by atoms with Crippen LogP contribution >= 0.6 is 0 Å². The summed E-state index contributed by atoms with van der Waals surface area (Å²) in [5, 5.41) is 0. The molecule has 2 N–H and O–H groups in total. The molecular formula is C16H18N2. The lowest BCUT2D eigenvalue weighted by Crippen LogP contribution is -2.15. The van der Waals surface area contributed by atoms with E-state index in [1.54, 1.807) is 0 Å². The summed E-state index contributed by atoms with van der Waals surface area (Å²) in [6, 6.07) is 12.9. The Balaban J connectivity index is 1.77. The number of aromatic nitrogens is 1. The number of pyridine rings is 1. The van der Waals surface area contributed by atoms with Gasteiger partial charge in [0.2, 0.25) is 0 Å². The van der Waals surface area contributed by atoms with Crippen LogP contribution < -0.4 is 5.73 Å². The van der Waals surface area contributed by atoms with Crippen LogP contribution in [0.4, 0.5) is 0 Å². The number of aryl methyl sites for hydroxylation is 1. The maximum atomic E-state index is 6.40. The second kappa shape index (κ2) is 4.54. The first-order chi connectivity index (χ1) is 8.77. The summed E-state index contributed by atoms with van der Waals surface area (Å²) in [5.41, 5.74) is 10.3. The van der Waals surface area contributed by atoms with Gasteiger partial charge >= 0.3 is 0 Å². The normalized spacial score (nSPS) is 23.7. The van der Waals surface area contributed by atoms with Gasteiger partial charge in [0, 0.05) is 18.4 Å². The standard InChI is InChI=1S/C16H18N2/c1-11-10-18-8-7-13(11)16(17)15-9-14(15)12-5-3-2-4-6-12/h2-8,10,14-16H,9,17H2,1H3. The van der Waals surface area contributed by atoms with Crippen molar-refractivity contribution in [2.24, 2.45) is 11.7 Å². The Morgan fingerprint density at radius 3 is 2.72 bits per heavy atom. The minimum Gasteiger partial charge on any atom is -0.324 e. The Morgan fingerprint density at radius 2 is 2.00 bits per heavy atom. The second-order valence-corrected chi connectivity index (χ2v) is 5.17. The molecule has 0 aliphatic heterocycles. The van der Waals surface area contributed by atoms with Gasteiger partial charge in [-0.1, -0.05) is 30.3 Å². The number of nitrogens with zero attached hydrogens (tertiary/aromatic N) is 1. The van der Waals surface area contributed by atoms with Crippen molar-refractivity contribution in [1.29, 1.82) is 0 Å². The van der Waals surface area contributed by atoms with Gasteiger partial charge in [-0.15, -0.1) is 0 Å². The van der Waals surface area contributed by atoms with Crippen LogP contribution in [0.1, 0.15) is 35.1 Å². The molecule has 1 aromatic carbocycles. The summed E-state index contributed by atoms with van der Waals surface area (Å²) < 4.78 is 0. The molecule has 18 heavy (non-hydrogen) atoms. The van der Waals surface area contributed by atoms with Gasteiger partial charge in [0.15, 0.2) is 0 Å². The SMILES string of the molecule is Cc1cnccc1C(N)C1CC1c1ccccc1. The molecule has 1 aliphatic rings. The summed E-state index contributed by atoms with van der Waals surface area (Å²) in [6.45, 7) is 2.09. The third-order valence-electron chi connectivity index (χ3n) is 3.95. The first-order valence-corrected chi connectivity index (χ1v) is 6.48. The molecule has 2 aromatic rings. The van der Waals surface area contributed by atoms with E-state index in [1.165, 1.54) is 23.1 Å². The van der Waals surface area contributed by atoms with Crippen LogP contribution in [0.15, 0.2) is 48.8 Å². The Bertz CT molecular complexity index is 536. The number of hydrogen-bond donors (Lipinski definition) is 1. The zero-order chi connectivity index (χ0) is 12.5. The Kier molecular flexibility index (Phi) is 2.88. The highest BCUT2D eigenvalue weighted by atomic mass is 14.7. The molecule has 3 unspecified atom stereocenters. The number of hydrogen-bond acceptors (Lipinski definition) is 2. The van der Waals surface area contributed by atoms with Crippen molar-refractivity contribution < 1.29 is 0 Å². The van der Waals surface area contributed by atoms with Crippen molar-refractivity contribution in [3.05, 3.63) is 65.5 Å². The van der Waals surface area contributed by atoms with Crippen molar-refractivity contribution in [3.63, 3.8) is 0 Å². The molecular weight excluding hydrogens is 220 g/mol. The van der Waals surface area contributed by atoms with Gasteiger partial charge < -0.3 is 5.73 Å². The number of rotatable bonds is 3. The van der Waals surface area contributed by atoms with Crippen LogP contribution in [-0.4, -0.2) is 4.98 Å². The van der Waals surface area contributed by atoms with Crippen molar-refractivity contribution in [1.82, 2.24) is 4.98 Å². The number of benzene rings is 1. The largest absolute Gasteiger partial charge is 0.324 e. The van der Waals surface area contributed by atoms with Crippen molar-refractivity contribution in [2.75, 3.05) is 0 Å². The van der Waals surface area contributed by atoms with E-state index in [9.17, 15) is 0 Å². The highest BCUT2D eigenvalue weighted by Crippen LogP contribution is 2.53. The molecule has 3 rings (SSSR count). The smallest absolute Gasteiger partial charge is 0.0333 e. The van der Waals surface area contributed by atoms with Gasteiger partial charge in [-0.3, -0.25) is 4.98 Å². The molecule has 0 amide bonds. The Labute approximate surface area is 108 Å². The second-order valence-electron chi connectivity index (χ2n) is 5.17. The summed E-state index contributed by atoms with van der Waals surface area (Å²) in [6.07, 6.45) is 4.93. The Morgan fingerprint density at radius 1 is 1.22 bits per heavy atom. The summed E-state index contributed by atoms with van der Waals surface area (Å²) >= 11 is 0. The van der Waals surface area contributed by atoms with Gasteiger partial charge in [-0.25, -0.2) is 0 Å². The van der Waals surface area contributed by atoms with E-state index in [4.69, 9.17) is 5.73 Å². The minimum absolute atomic E-state index is 0.137. The van der Waals surface area contributed by atoms with E-state index < -0.39 is 0 Å². The molecule has 0 bridgehead atoms. The molecule has 1 aromatic heterocycles. The quantitative estimate of drug-likeness (QED) is 0.891. The molecule has 0 saturated heterocycles. The van der Waals surface area contributed by atoms with Gasteiger partial charge in [-0.05, 0) is 47.9 Å². The lowest BCUT2D eigenvalue weighted by atomic mass is 9.97. The zero-order valence-electron chi connectivity index (χ0n) is 10.6. The van der Waals surface area contributed by atoms with Crippen LogP contribution in [0.2, 0.25) is 0 Å². The van der Waals surface area contributed by atoms with E-state index in [1.807, 2.05) is 12.4 Å². The maximum Gasteiger partial charge on any atom is 0.0333 e. The lowest BCUT2D eigenvalue weighted by molar-refractivity contribution is 0.611. The highest BCUT2D eigenvalue weighted by molar-refractivity contribution is 5.32.